The number of esters is 2. The highest BCUT2D eigenvalue weighted by molar-refractivity contribution is 5.89. The molecule has 444 valence electrons. The maximum atomic E-state index is 14.0. The third kappa shape index (κ3) is 10.9. The van der Waals surface area contributed by atoms with Crippen LogP contribution in [0.25, 0.3) is 0 Å². The molecule has 4 aliphatic heterocycles. The topological polar surface area (TPSA) is 261 Å². The number of carbonyl (C=O) groups is 3. The Morgan fingerprint density at radius 1 is 0.620 bits per heavy atom. The second-order valence-electron chi connectivity index (χ2n) is 23.9. The fourth-order valence-electron chi connectivity index (χ4n) is 15.4. The maximum absolute atomic E-state index is 14.0. The van der Waals surface area contributed by atoms with Gasteiger partial charge in [0.05, 0.1) is 54.4 Å². The molecule has 1 aromatic carbocycles. The summed E-state index contributed by atoms with van der Waals surface area (Å²) in [5.74, 6) is -3.29. The van der Waals surface area contributed by atoms with Crippen molar-refractivity contribution < 1.29 is 101 Å². The molecule has 0 bridgehead atoms. The first kappa shape index (κ1) is 60.5. The van der Waals surface area contributed by atoms with Crippen molar-refractivity contribution in [2.75, 3.05) is 28.4 Å². The molecule has 4 saturated heterocycles. The van der Waals surface area contributed by atoms with Crippen LogP contribution in [-0.4, -0.2) is 201 Å². The molecule has 8 aliphatic rings. The number of carbonyl (C=O) groups excluding carboxylic acids is 3. The summed E-state index contributed by atoms with van der Waals surface area (Å²) in [5.41, 5.74) is -4.96. The zero-order valence-corrected chi connectivity index (χ0v) is 47.8. The minimum atomic E-state index is -1.91. The second-order valence-corrected chi connectivity index (χ2v) is 23.9. The molecule has 26 atom stereocenters. The number of hydrogen-bond donors (Lipinski definition) is 4. The van der Waals surface area contributed by atoms with Gasteiger partial charge in [0.2, 0.25) is 0 Å². The average Bonchev–Trinajstić information content (AvgIpc) is 3.90. The van der Waals surface area contributed by atoms with Crippen molar-refractivity contribution in [3.63, 3.8) is 0 Å². The molecule has 4 aliphatic carbocycles. The Hall–Kier alpha value is -3.07. The van der Waals surface area contributed by atoms with E-state index < -0.39 is 163 Å². The quantitative estimate of drug-likeness (QED) is 0.133. The van der Waals surface area contributed by atoms with E-state index in [0.717, 1.165) is 5.57 Å². The molecule has 1 aromatic rings. The fraction of sp³-hybridized carbons (Fsp3) is 0.810. The molecule has 21 heteroatoms. The Labute approximate surface area is 463 Å². The summed E-state index contributed by atoms with van der Waals surface area (Å²) in [6.45, 7) is 13.7. The average molecular weight is 1120 g/mol. The first-order valence-electron chi connectivity index (χ1n) is 28.3. The largest absolute Gasteiger partial charge is 0.458 e. The van der Waals surface area contributed by atoms with E-state index in [0.29, 0.717) is 32.1 Å². The van der Waals surface area contributed by atoms with Crippen molar-refractivity contribution in [1.82, 2.24) is 0 Å². The van der Waals surface area contributed by atoms with Gasteiger partial charge < -0.3 is 86.7 Å². The normalized spacial score (nSPS) is 47.9. The third-order valence-corrected chi connectivity index (χ3v) is 19.5. The molecule has 7 fully saturated rings. The highest BCUT2D eigenvalue weighted by atomic mass is 16.8. The van der Waals surface area contributed by atoms with Gasteiger partial charge in [0.25, 0.3) is 0 Å². The van der Waals surface area contributed by atoms with Crippen LogP contribution < -0.4 is 0 Å². The summed E-state index contributed by atoms with van der Waals surface area (Å²) < 4.78 is 87.5. The van der Waals surface area contributed by atoms with Crippen molar-refractivity contribution in [3.8, 4) is 0 Å². The lowest BCUT2D eigenvalue weighted by molar-refractivity contribution is -0.356. The molecular weight excluding hydrogens is 1030 g/mol. The molecule has 4 heterocycles. The summed E-state index contributed by atoms with van der Waals surface area (Å²) >= 11 is 0. The first-order valence-corrected chi connectivity index (χ1v) is 28.3. The van der Waals surface area contributed by atoms with Gasteiger partial charge in [-0.1, -0.05) is 43.7 Å². The Morgan fingerprint density at radius 2 is 1.16 bits per heavy atom. The standard InChI is InChI=1S/C58H86O21/c1-28(59)37-20-23-58(65)56(37,8)52(79-53(63)34-16-14-13-15-17-34)50(74-33(6)60)51-55(7)21-19-36(24-35(55)18-22-57(51,58)64)75-41-25-38(66-9)46(30(3)70-41)76-42-26-39(67-10)47(31(4)71-42)77-43-27-40(68-11)48(32(5)72-43)78-54-45(62)49(69-12)44(61)29(2)73-54/h13-18,29-32,36-52,54,61-62,64-65H,19-27H2,1-12H3/t29-,30-,31-,32-,36+,37-,38+,39+,40-,41+,42+,43+,44-,45-,46-,47-,48-,49-,50+,51-,52-,54+,55+,56+,57+,58-/m1/s1. The molecule has 0 spiro atoms. The van der Waals surface area contributed by atoms with E-state index in [4.69, 9.17) is 66.3 Å². The Balaban J connectivity index is 0.836. The molecular formula is C58H86O21. The van der Waals surface area contributed by atoms with Crippen LogP contribution in [0.1, 0.15) is 124 Å². The van der Waals surface area contributed by atoms with E-state index in [9.17, 15) is 34.8 Å². The molecule has 79 heavy (non-hydrogen) atoms. The van der Waals surface area contributed by atoms with Crippen LogP contribution >= 0.6 is 0 Å². The first-order chi connectivity index (χ1) is 37.5. The van der Waals surface area contributed by atoms with E-state index in [1.165, 1.54) is 21.0 Å². The minimum Gasteiger partial charge on any atom is -0.458 e. The van der Waals surface area contributed by atoms with E-state index in [1.807, 2.05) is 33.8 Å². The number of methoxy groups -OCH3 is 4. The van der Waals surface area contributed by atoms with Crippen LogP contribution in [0.5, 0.6) is 0 Å². The van der Waals surface area contributed by atoms with E-state index >= 15 is 0 Å². The SMILES string of the molecule is CO[C@H]1[C@@H](O)[C@H](O[C@@H]2[C@@H](C)O[C@@H](O[C@H]3[C@@H](OC)C[C@H](O[C@H]4[C@@H](OC)C[C@H](O[C@H]5CC[C@@]6(C)C(=CC[C@]7(O)[C@@H]6[C@H](OC(C)=O)[C@@H](OC(=O)c6ccccc6)[C@]6(C)[C@@H](C(C)=O)CC[C@@]67O)C5)O[C@@H]4C)O[C@@H]3C)C[C@H]2OC)O[C@H](C)[C@H]1O. The highest BCUT2D eigenvalue weighted by Gasteiger charge is 2.81. The number of aliphatic hydroxyl groups is 4. The van der Waals surface area contributed by atoms with Crippen LogP contribution in [0.15, 0.2) is 42.0 Å². The number of Topliss-reactive ketones (excluding diaryl/α,β-unsaturated/α-hetero) is 1. The predicted molar refractivity (Wildman–Crippen MR) is 277 cm³/mol. The molecule has 9 rings (SSSR count). The summed E-state index contributed by atoms with van der Waals surface area (Å²) in [4.78, 5) is 40.7. The molecule has 4 N–H and O–H groups in total. The number of benzene rings is 1. The van der Waals surface area contributed by atoms with Crippen molar-refractivity contribution >= 4 is 17.7 Å². The lowest BCUT2D eigenvalue weighted by Crippen LogP contribution is -2.80. The van der Waals surface area contributed by atoms with Gasteiger partial charge in [-0.25, -0.2) is 4.79 Å². The summed E-state index contributed by atoms with van der Waals surface area (Å²) in [7, 11) is 6.21. The molecule has 0 unspecified atom stereocenters. The van der Waals surface area contributed by atoms with Crippen LogP contribution in [0, 0.1) is 22.7 Å². The van der Waals surface area contributed by atoms with Crippen molar-refractivity contribution in [2.45, 2.75) is 247 Å². The number of aliphatic hydroxyl groups excluding tert-OH is 2. The van der Waals surface area contributed by atoms with Crippen LogP contribution in [0.3, 0.4) is 0 Å². The lowest BCUT2D eigenvalue weighted by atomic mass is 9.42. The maximum Gasteiger partial charge on any atom is 0.338 e. The van der Waals surface area contributed by atoms with Crippen LogP contribution in [0.2, 0.25) is 0 Å². The van der Waals surface area contributed by atoms with Gasteiger partial charge in [-0.05, 0) is 90.7 Å². The van der Waals surface area contributed by atoms with Crippen molar-refractivity contribution in [2.24, 2.45) is 22.7 Å². The number of ketones is 1. The van der Waals surface area contributed by atoms with E-state index in [2.05, 4.69) is 0 Å². The van der Waals surface area contributed by atoms with Gasteiger partial charge in [-0.15, -0.1) is 0 Å². The number of rotatable bonds is 16. The molecule has 0 amide bonds. The lowest BCUT2D eigenvalue weighted by Gasteiger charge is -2.68. The molecule has 21 nitrogen and oxygen atoms in total. The third-order valence-electron chi connectivity index (χ3n) is 19.5. The van der Waals surface area contributed by atoms with E-state index in [1.54, 1.807) is 65.5 Å². The Kier molecular flexibility index (Phi) is 18.3. The van der Waals surface area contributed by atoms with E-state index in [-0.39, 0.29) is 43.1 Å². The Bertz CT molecular complexity index is 2320. The van der Waals surface area contributed by atoms with Crippen molar-refractivity contribution in [3.05, 3.63) is 47.5 Å². The molecule has 0 aromatic heterocycles. The zero-order chi connectivity index (χ0) is 57.1. The predicted octanol–water partition coefficient (Wildman–Crippen LogP) is 4.23. The highest BCUT2D eigenvalue weighted by Crippen LogP contribution is 2.70. The zero-order valence-electron chi connectivity index (χ0n) is 47.8. The second kappa shape index (κ2) is 23.9. The number of ether oxygens (including phenoxy) is 14. The minimum absolute atomic E-state index is 0.00751. The summed E-state index contributed by atoms with van der Waals surface area (Å²) in [6, 6.07) is 8.41. The monoisotopic (exact) mass is 1120 g/mol. The number of fused-ring (bicyclic) bond motifs is 5. The van der Waals surface area contributed by atoms with Gasteiger partial charge in [0.1, 0.15) is 65.8 Å². The van der Waals surface area contributed by atoms with Gasteiger partial charge in [-0.2, -0.15) is 0 Å². The summed E-state index contributed by atoms with van der Waals surface area (Å²) in [6.07, 6.45) is -9.89. The van der Waals surface area contributed by atoms with Gasteiger partial charge in [0.15, 0.2) is 25.2 Å². The molecule has 3 saturated carbocycles. The molecule has 0 radical (unpaired) electrons. The number of hydrogen-bond acceptors (Lipinski definition) is 21. The van der Waals surface area contributed by atoms with Crippen LogP contribution in [-0.2, 0) is 75.9 Å². The summed E-state index contributed by atoms with van der Waals surface area (Å²) in [5, 5.41) is 47.8. The van der Waals surface area contributed by atoms with Crippen LogP contribution in [0.4, 0.5) is 0 Å². The van der Waals surface area contributed by atoms with Gasteiger partial charge >= 0.3 is 11.9 Å². The van der Waals surface area contributed by atoms with Gasteiger partial charge in [-0.3, -0.25) is 9.59 Å². The fourth-order valence-corrected chi connectivity index (χ4v) is 15.4. The van der Waals surface area contributed by atoms with Gasteiger partial charge in [0, 0.05) is 71.9 Å². The Morgan fingerprint density at radius 3 is 1.68 bits per heavy atom. The van der Waals surface area contributed by atoms with Crippen molar-refractivity contribution in [1.29, 1.82) is 0 Å². The smallest absolute Gasteiger partial charge is 0.338 e.